The Bertz CT molecular complexity index is 469. The van der Waals surface area contributed by atoms with Crippen LogP contribution in [0.1, 0.15) is 40.5 Å². The smallest absolute Gasteiger partial charge is 0.232 e. The van der Waals surface area contributed by atoms with E-state index < -0.39 is 5.41 Å². The fraction of sp³-hybridized carbons (Fsp3) is 0.765. The fourth-order valence-electron chi connectivity index (χ4n) is 3.13. The van der Waals surface area contributed by atoms with E-state index in [1.807, 2.05) is 32.6 Å². The molecule has 2 rings (SSSR count). The second-order valence-corrected chi connectivity index (χ2v) is 7.24. The minimum atomic E-state index is -0.465. The number of nitrogens with zero attached hydrogens (tertiary/aromatic N) is 1. The van der Waals surface area contributed by atoms with Crippen LogP contribution in [-0.2, 0) is 9.59 Å². The molecule has 0 radical (unpaired) electrons. The van der Waals surface area contributed by atoms with Gasteiger partial charge in [0.25, 0.3) is 0 Å². The SMILES string of the molecule is CC(C)C(=O)NC1CCCN(C(=O)C(C)(C)C2=CCNC2)C1. The summed E-state index contributed by atoms with van der Waals surface area (Å²) in [5.41, 5.74) is 0.707. The first kappa shape index (κ1) is 17.0. The highest BCUT2D eigenvalue weighted by atomic mass is 16.2. The van der Waals surface area contributed by atoms with Crippen LogP contribution >= 0.6 is 0 Å². The third-order valence-electron chi connectivity index (χ3n) is 4.73. The van der Waals surface area contributed by atoms with Gasteiger partial charge in [0.05, 0.1) is 5.41 Å². The van der Waals surface area contributed by atoms with Crippen molar-refractivity contribution < 1.29 is 9.59 Å². The van der Waals surface area contributed by atoms with Crippen LogP contribution < -0.4 is 10.6 Å². The van der Waals surface area contributed by atoms with Gasteiger partial charge in [0.15, 0.2) is 0 Å². The molecule has 1 atom stereocenters. The molecule has 5 nitrogen and oxygen atoms in total. The molecular weight excluding hydrogens is 278 g/mol. The molecule has 1 unspecified atom stereocenters. The third kappa shape index (κ3) is 3.69. The molecule has 1 fully saturated rings. The quantitative estimate of drug-likeness (QED) is 0.770. The molecule has 0 aromatic rings. The minimum absolute atomic E-state index is 0.0164. The van der Waals surface area contributed by atoms with Crippen molar-refractivity contribution in [3.05, 3.63) is 11.6 Å². The molecule has 0 bridgehead atoms. The van der Waals surface area contributed by atoms with E-state index in [4.69, 9.17) is 0 Å². The van der Waals surface area contributed by atoms with E-state index in [9.17, 15) is 9.59 Å². The Kier molecular flexibility index (Phi) is 5.27. The summed E-state index contributed by atoms with van der Waals surface area (Å²) in [7, 11) is 0. The van der Waals surface area contributed by atoms with Gasteiger partial charge in [0.2, 0.25) is 11.8 Å². The summed E-state index contributed by atoms with van der Waals surface area (Å²) >= 11 is 0. The fourth-order valence-corrected chi connectivity index (χ4v) is 3.13. The number of likely N-dealkylation sites (tertiary alicyclic amines) is 1. The first-order valence-corrected chi connectivity index (χ1v) is 8.32. The average Bonchev–Trinajstić information content (AvgIpc) is 3.01. The number of hydrogen-bond donors (Lipinski definition) is 2. The van der Waals surface area contributed by atoms with Crippen LogP contribution in [0.5, 0.6) is 0 Å². The van der Waals surface area contributed by atoms with Gasteiger partial charge in [-0.2, -0.15) is 0 Å². The Hall–Kier alpha value is -1.36. The molecule has 2 aliphatic rings. The van der Waals surface area contributed by atoms with Crippen LogP contribution in [0, 0.1) is 11.3 Å². The van der Waals surface area contributed by atoms with E-state index in [-0.39, 0.29) is 23.8 Å². The lowest BCUT2D eigenvalue weighted by Crippen LogP contribution is -2.53. The number of piperidine rings is 1. The lowest BCUT2D eigenvalue weighted by Gasteiger charge is -2.38. The Balaban J connectivity index is 1.99. The number of rotatable bonds is 4. The molecule has 124 valence electrons. The van der Waals surface area contributed by atoms with Crippen molar-refractivity contribution in [3.63, 3.8) is 0 Å². The van der Waals surface area contributed by atoms with Gasteiger partial charge in [0.1, 0.15) is 0 Å². The lowest BCUT2D eigenvalue weighted by atomic mass is 9.82. The first-order valence-electron chi connectivity index (χ1n) is 8.32. The van der Waals surface area contributed by atoms with Crippen molar-refractivity contribution >= 4 is 11.8 Å². The van der Waals surface area contributed by atoms with E-state index in [0.29, 0.717) is 6.54 Å². The van der Waals surface area contributed by atoms with Crippen LogP contribution in [0.15, 0.2) is 11.6 Å². The molecule has 0 spiro atoms. The van der Waals surface area contributed by atoms with E-state index in [1.165, 1.54) is 5.57 Å². The van der Waals surface area contributed by atoms with Crippen molar-refractivity contribution in [1.29, 1.82) is 0 Å². The maximum Gasteiger partial charge on any atom is 0.232 e. The predicted octanol–water partition coefficient (Wildman–Crippen LogP) is 1.31. The summed E-state index contributed by atoms with van der Waals surface area (Å²) in [6.45, 7) is 10.8. The van der Waals surface area contributed by atoms with E-state index >= 15 is 0 Å². The lowest BCUT2D eigenvalue weighted by molar-refractivity contribution is -0.140. The molecular formula is C17H29N3O2. The van der Waals surface area contributed by atoms with Gasteiger partial charge in [-0.15, -0.1) is 0 Å². The highest BCUT2D eigenvalue weighted by Gasteiger charge is 2.38. The van der Waals surface area contributed by atoms with Crippen LogP contribution in [0.3, 0.4) is 0 Å². The van der Waals surface area contributed by atoms with Crippen LogP contribution in [0.2, 0.25) is 0 Å². The number of nitrogens with one attached hydrogen (secondary N) is 2. The highest BCUT2D eigenvalue weighted by Crippen LogP contribution is 2.31. The Morgan fingerprint density at radius 2 is 2.14 bits per heavy atom. The van der Waals surface area contributed by atoms with Gasteiger partial charge in [-0.3, -0.25) is 9.59 Å². The van der Waals surface area contributed by atoms with Gasteiger partial charge in [0, 0.05) is 38.1 Å². The molecule has 2 heterocycles. The molecule has 5 heteroatoms. The molecule has 2 aliphatic heterocycles. The van der Waals surface area contributed by atoms with Gasteiger partial charge in [-0.1, -0.05) is 19.9 Å². The maximum absolute atomic E-state index is 12.9. The van der Waals surface area contributed by atoms with Gasteiger partial charge < -0.3 is 15.5 Å². The third-order valence-corrected chi connectivity index (χ3v) is 4.73. The van der Waals surface area contributed by atoms with Crippen molar-refractivity contribution in [3.8, 4) is 0 Å². The van der Waals surface area contributed by atoms with Crippen LogP contribution in [0.25, 0.3) is 0 Å². The first-order chi connectivity index (χ1) is 10.3. The van der Waals surface area contributed by atoms with Crippen molar-refractivity contribution in [2.45, 2.75) is 46.6 Å². The normalized spacial score (nSPS) is 22.7. The van der Waals surface area contributed by atoms with Gasteiger partial charge in [-0.05, 0) is 32.3 Å². The molecule has 0 saturated carbocycles. The number of amides is 2. The number of carbonyl (C=O) groups excluding carboxylic acids is 2. The molecule has 2 amide bonds. The molecule has 2 N–H and O–H groups in total. The second kappa shape index (κ2) is 6.82. The molecule has 1 saturated heterocycles. The summed E-state index contributed by atoms with van der Waals surface area (Å²) in [5, 5.41) is 6.33. The molecule has 0 aromatic heterocycles. The molecule has 0 aliphatic carbocycles. The summed E-state index contributed by atoms with van der Waals surface area (Å²) in [6.07, 6.45) is 4.02. The average molecular weight is 307 g/mol. The van der Waals surface area contributed by atoms with Crippen LogP contribution in [0.4, 0.5) is 0 Å². The zero-order valence-electron chi connectivity index (χ0n) is 14.2. The standard InChI is InChI=1S/C17H29N3O2/c1-12(2)15(21)19-14-6-5-9-20(11-14)16(22)17(3,4)13-7-8-18-10-13/h7,12,14,18H,5-6,8-11H2,1-4H3,(H,19,21). The van der Waals surface area contributed by atoms with Crippen molar-refractivity contribution in [2.24, 2.45) is 11.3 Å². The van der Waals surface area contributed by atoms with E-state index in [0.717, 1.165) is 32.5 Å². The summed E-state index contributed by atoms with van der Waals surface area (Å²) < 4.78 is 0. The zero-order chi connectivity index (χ0) is 16.3. The summed E-state index contributed by atoms with van der Waals surface area (Å²) in [4.78, 5) is 26.7. The molecule has 0 aromatic carbocycles. The zero-order valence-corrected chi connectivity index (χ0v) is 14.2. The number of hydrogen-bond acceptors (Lipinski definition) is 3. The Morgan fingerprint density at radius 1 is 1.41 bits per heavy atom. The topological polar surface area (TPSA) is 61.4 Å². The maximum atomic E-state index is 12.9. The Morgan fingerprint density at radius 3 is 2.73 bits per heavy atom. The van der Waals surface area contributed by atoms with Crippen molar-refractivity contribution in [1.82, 2.24) is 15.5 Å². The highest BCUT2D eigenvalue weighted by molar-refractivity contribution is 5.85. The van der Waals surface area contributed by atoms with E-state index in [1.54, 1.807) is 0 Å². The minimum Gasteiger partial charge on any atom is -0.351 e. The molecule has 22 heavy (non-hydrogen) atoms. The monoisotopic (exact) mass is 307 g/mol. The Labute approximate surface area is 133 Å². The predicted molar refractivity (Wildman–Crippen MR) is 87.3 cm³/mol. The van der Waals surface area contributed by atoms with E-state index in [2.05, 4.69) is 16.7 Å². The van der Waals surface area contributed by atoms with Gasteiger partial charge in [-0.25, -0.2) is 0 Å². The second-order valence-electron chi connectivity index (χ2n) is 7.24. The summed E-state index contributed by atoms with van der Waals surface area (Å²) in [6, 6.07) is 0.0825. The largest absolute Gasteiger partial charge is 0.351 e. The number of carbonyl (C=O) groups is 2. The van der Waals surface area contributed by atoms with Crippen molar-refractivity contribution in [2.75, 3.05) is 26.2 Å². The van der Waals surface area contributed by atoms with Crippen LogP contribution in [-0.4, -0.2) is 48.9 Å². The summed E-state index contributed by atoms with van der Waals surface area (Å²) in [5.74, 6) is 0.226. The van der Waals surface area contributed by atoms with Gasteiger partial charge >= 0.3 is 0 Å².